The number of guanidine groups is 1. The van der Waals surface area contributed by atoms with Crippen LogP contribution >= 0.6 is 0 Å². The van der Waals surface area contributed by atoms with Gasteiger partial charge in [0, 0.05) is 31.0 Å². The predicted octanol–water partition coefficient (Wildman–Crippen LogP) is 0.976. The number of hydrogen-bond acceptors (Lipinski definition) is 2. The molecule has 1 aromatic heterocycles. The van der Waals surface area contributed by atoms with Gasteiger partial charge in [-0.3, -0.25) is 4.99 Å². The summed E-state index contributed by atoms with van der Waals surface area (Å²) in [5, 5.41) is 3.12. The van der Waals surface area contributed by atoms with E-state index in [0.717, 1.165) is 19.5 Å². The van der Waals surface area contributed by atoms with Crippen molar-refractivity contribution in [3.63, 3.8) is 0 Å². The minimum Gasteiger partial charge on any atom is -0.370 e. The molecule has 0 saturated heterocycles. The maximum absolute atomic E-state index is 5.74. The van der Waals surface area contributed by atoms with Crippen LogP contribution in [0, 0.1) is 0 Å². The molecule has 1 heterocycles. The predicted molar refractivity (Wildman–Crippen MR) is 66.2 cm³/mol. The van der Waals surface area contributed by atoms with Crippen molar-refractivity contribution < 1.29 is 0 Å². The average molecular weight is 223 g/mol. The Labute approximate surface area is 96.8 Å². The number of nitrogens with zero attached hydrogens (tertiary/aromatic N) is 3. The van der Waals surface area contributed by atoms with Crippen LogP contribution in [-0.2, 0) is 6.54 Å². The number of aromatic nitrogens is 2. The van der Waals surface area contributed by atoms with Crippen LogP contribution in [-0.4, -0.2) is 27.6 Å². The van der Waals surface area contributed by atoms with Crippen molar-refractivity contribution in [1.82, 2.24) is 14.9 Å². The summed E-state index contributed by atoms with van der Waals surface area (Å²) in [7, 11) is 0. The van der Waals surface area contributed by atoms with Crippen molar-refractivity contribution >= 4 is 5.96 Å². The van der Waals surface area contributed by atoms with Gasteiger partial charge in [-0.25, -0.2) is 4.98 Å². The quantitative estimate of drug-likeness (QED) is 0.454. The molecule has 5 nitrogen and oxygen atoms in total. The van der Waals surface area contributed by atoms with Crippen LogP contribution in [0.5, 0.6) is 0 Å². The smallest absolute Gasteiger partial charge is 0.188 e. The van der Waals surface area contributed by atoms with Gasteiger partial charge in [-0.05, 0) is 27.2 Å². The fourth-order valence-electron chi connectivity index (χ4n) is 1.30. The summed E-state index contributed by atoms with van der Waals surface area (Å²) in [5.41, 5.74) is 5.71. The molecule has 0 saturated carbocycles. The summed E-state index contributed by atoms with van der Waals surface area (Å²) in [6.45, 7) is 7.82. The number of rotatable bonds is 4. The lowest BCUT2D eigenvalue weighted by atomic mass is 10.1. The van der Waals surface area contributed by atoms with Crippen LogP contribution in [0.25, 0.3) is 0 Å². The summed E-state index contributed by atoms with van der Waals surface area (Å²) in [6.07, 6.45) is 6.49. The Balaban J connectivity index is 2.21. The molecule has 0 radical (unpaired) electrons. The molecule has 90 valence electrons. The van der Waals surface area contributed by atoms with E-state index >= 15 is 0 Å². The van der Waals surface area contributed by atoms with Gasteiger partial charge in [0.1, 0.15) is 0 Å². The van der Waals surface area contributed by atoms with E-state index in [1.807, 2.05) is 10.8 Å². The molecule has 0 atom stereocenters. The second kappa shape index (κ2) is 5.53. The van der Waals surface area contributed by atoms with E-state index in [1.165, 1.54) is 0 Å². The third-order valence-corrected chi connectivity index (χ3v) is 1.92. The van der Waals surface area contributed by atoms with E-state index in [0.29, 0.717) is 5.96 Å². The minimum atomic E-state index is -0.0298. The first-order valence-electron chi connectivity index (χ1n) is 5.51. The zero-order valence-corrected chi connectivity index (χ0v) is 10.3. The second-order valence-corrected chi connectivity index (χ2v) is 4.80. The summed E-state index contributed by atoms with van der Waals surface area (Å²) in [6, 6.07) is 0. The fraction of sp³-hybridized carbons (Fsp3) is 0.636. The van der Waals surface area contributed by atoms with E-state index in [-0.39, 0.29) is 5.54 Å². The summed E-state index contributed by atoms with van der Waals surface area (Å²) in [5.74, 6) is 0.512. The lowest BCUT2D eigenvalue weighted by Crippen LogP contribution is -2.45. The van der Waals surface area contributed by atoms with Gasteiger partial charge >= 0.3 is 0 Å². The van der Waals surface area contributed by atoms with Gasteiger partial charge in [-0.15, -0.1) is 0 Å². The van der Waals surface area contributed by atoms with E-state index in [9.17, 15) is 0 Å². The van der Waals surface area contributed by atoms with Crippen LogP contribution in [0.1, 0.15) is 27.2 Å². The van der Waals surface area contributed by atoms with Gasteiger partial charge in [0.25, 0.3) is 0 Å². The Morgan fingerprint density at radius 2 is 2.25 bits per heavy atom. The molecular formula is C11H21N5. The van der Waals surface area contributed by atoms with Gasteiger partial charge in [0.2, 0.25) is 0 Å². The van der Waals surface area contributed by atoms with Crippen LogP contribution in [0.4, 0.5) is 0 Å². The first-order valence-corrected chi connectivity index (χ1v) is 5.51. The Hall–Kier alpha value is -1.52. The first-order chi connectivity index (χ1) is 7.47. The van der Waals surface area contributed by atoms with Crippen LogP contribution in [0.2, 0.25) is 0 Å². The van der Waals surface area contributed by atoms with Gasteiger partial charge in [-0.1, -0.05) is 0 Å². The van der Waals surface area contributed by atoms with Crippen molar-refractivity contribution in [2.24, 2.45) is 10.7 Å². The highest BCUT2D eigenvalue weighted by atomic mass is 15.1. The number of aryl methyl sites for hydroxylation is 1. The number of imidazole rings is 1. The zero-order valence-electron chi connectivity index (χ0n) is 10.3. The van der Waals surface area contributed by atoms with E-state index < -0.39 is 0 Å². The summed E-state index contributed by atoms with van der Waals surface area (Å²) < 4.78 is 2.03. The third kappa shape index (κ3) is 5.38. The lowest BCUT2D eigenvalue weighted by molar-refractivity contribution is 0.507. The summed E-state index contributed by atoms with van der Waals surface area (Å²) >= 11 is 0. The molecule has 0 aromatic carbocycles. The van der Waals surface area contributed by atoms with Crippen molar-refractivity contribution in [2.75, 3.05) is 6.54 Å². The highest BCUT2D eigenvalue weighted by molar-refractivity contribution is 5.78. The van der Waals surface area contributed by atoms with E-state index in [4.69, 9.17) is 5.73 Å². The molecule has 0 spiro atoms. The lowest BCUT2D eigenvalue weighted by Gasteiger charge is -2.20. The normalized spacial score (nSPS) is 12.8. The second-order valence-electron chi connectivity index (χ2n) is 4.80. The molecule has 16 heavy (non-hydrogen) atoms. The first kappa shape index (κ1) is 12.5. The molecule has 0 unspecified atom stereocenters. The number of hydrogen-bond donors (Lipinski definition) is 2. The van der Waals surface area contributed by atoms with Gasteiger partial charge < -0.3 is 15.6 Å². The number of aliphatic imine (C=N–C) groups is 1. The molecule has 3 N–H and O–H groups in total. The third-order valence-electron chi connectivity index (χ3n) is 1.92. The van der Waals surface area contributed by atoms with Crippen LogP contribution in [0.15, 0.2) is 23.7 Å². The number of nitrogens with two attached hydrogens (primary N) is 1. The molecule has 0 bridgehead atoms. The zero-order chi connectivity index (χ0) is 12.0. The Bertz CT molecular complexity index is 321. The molecule has 0 aliphatic rings. The fourth-order valence-corrected chi connectivity index (χ4v) is 1.30. The van der Waals surface area contributed by atoms with Gasteiger partial charge in [0.05, 0.1) is 6.33 Å². The van der Waals surface area contributed by atoms with Crippen LogP contribution < -0.4 is 11.1 Å². The molecule has 5 heteroatoms. The SMILES string of the molecule is CC(C)(C)NC(N)=NCCCn1ccnc1. The van der Waals surface area contributed by atoms with Gasteiger partial charge in [-0.2, -0.15) is 0 Å². The summed E-state index contributed by atoms with van der Waals surface area (Å²) in [4.78, 5) is 8.23. The molecule has 0 aliphatic heterocycles. The van der Waals surface area contributed by atoms with Crippen molar-refractivity contribution in [3.8, 4) is 0 Å². The molecule has 1 rings (SSSR count). The molecule has 1 aromatic rings. The monoisotopic (exact) mass is 223 g/mol. The minimum absolute atomic E-state index is 0.0298. The van der Waals surface area contributed by atoms with E-state index in [2.05, 4.69) is 36.1 Å². The topological polar surface area (TPSA) is 68.2 Å². The molecule has 0 aliphatic carbocycles. The van der Waals surface area contributed by atoms with Crippen LogP contribution in [0.3, 0.4) is 0 Å². The maximum atomic E-state index is 5.74. The van der Waals surface area contributed by atoms with Crippen molar-refractivity contribution in [2.45, 2.75) is 39.3 Å². The maximum Gasteiger partial charge on any atom is 0.188 e. The molecule has 0 fully saturated rings. The Morgan fingerprint density at radius 3 is 2.81 bits per heavy atom. The molecular weight excluding hydrogens is 202 g/mol. The largest absolute Gasteiger partial charge is 0.370 e. The highest BCUT2D eigenvalue weighted by Crippen LogP contribution is 1.97. The average Bonchev–Trinajstić information content (AvgIpc) is 2.62. The number of nitrogens with one attached hydrogen (secondary N) is 1. The Morgan fingerprint density at radius 1 is 1.50 bits per heavy atom. The van der Waals surface area contributed by atoms with Crippen molar-refractivity contribution in [3.05, 3.63) is 18.7 Å². The van der Waals surface area contributed by atoms with Gasteiger partial charge in [0.15, 0.2) is 5.96 Å². The van der Waals surface area contributed by atoms with E-state index in [1.54, 1.807) is 12.5 Å². The molecule has 0 amide bonds. The van der Waals surface area contributed by atoms with Crippen molar-refractivity contribution in [1.29, 1.82) is 0 Å². The highest BCUT2D eigenvalue weighted by Gasteiger charge is 2.09. The standard InChI is InChI=1S/C11H21N5/c1-11(2,3)15-10(12)14-5-4-7-16-8-6-13-9-16/h6,8-9H,4-5,7H2,1-3H3,(H3,12,14,15). The Kier molecular flexibility index (Phi) is 4.34.